The van der Waals surface area contributed by atoms with E-state index in [1.807, 2.05) is 7.05 Å². The molecule has 1 saturated heterocycles. The van der Waals surface area contributed by atoms with Crippen LogP contribution in [0.5, 0.6) is 0 Å². The Morgan fingerprint density at radius 2 is 2.17 bits per heavy atom. The van der Waals surface area contributed by atoms with Gasteiger partial charge in [0, 0.05) is 12.5 Å². The molecule has 1 aliphatic heterocycles. The molecular formula is C13H17ClFNO2. The van der Waals surface area contributed by atoms with Crippen molar-refractivity contribution in [1.82, 2.24) is 5.32 Å². The Bertz CT molecular complexity index is 397. The first-order valence-electron chi connectivity index (χ1n) is 6.04. The van der Waals surface area contributed by atoms with Gasteiger partial charge in [-0.3, -0.25) is 0 Å². The molecule has 0 aliphatic carbocycles. The van der Waals surface area contributed by atoms with Gasteiger partial charge in [-0.1, -0.05) is 23.7 Å². The van der Waals surface area contributed by atoms with Crippen LogP contribution in [0.25, 0.3) is 0 Å². The fraction of sp³-hybridized carbons (Fsp3) is 0.538. The molecular weight excluding hydrogens is 257 g/mol. The number of likely N-dealkylation sites (N-methyl/N-ethyl adjacent to an activating group) is 1. The predicted octanol–water partition coefficient (Wildman–Crippen LogP) is 2.37. The number of halogens is 2. The monoisotopic (exact) mass is 273 g/mol. The van der Waals surface area contributed by atoms with Crippen LogP contribution in [0.3, 0.4) is 0 Å². The highest BCUT2D eigenvalue weighted by Crippen LogP contribution is 2.21. The van der Waals surface area contributed by atoms with Crippen LogP contribution in [0.15, 0.2) is 18.2 Å². The highest BCUT2D eigenvalue weighted by atomic mass is 35.5. The normalized spacial score (nSPS) is 18.2. The molecule has 0 saturated carbocycles. The fourth-order valence-corrected chi connectivity index (χ4v) is 2.24. The Balaban J connectivity index is 1.98. The number of benzene rings is 1. The summed E-state index contributed by atoms with van der Waals surface area (Å²) in [4.78, 5) is 0. The van der Waals surface area contributed by atoms with Crippen molar-refractivity contribution in [1.29, 1.82) is 0 Å². The average molecular weight is 274 g/mol. The zero-order chi connectivity index (χ0) is 13.0. The third kappa shape index (κ3) is 3.42. The maximum Gasteiger partial charge on any atom is 0.159 e. The Morgan fingerprint density at radius 3 is 2.83 bits per heavy atom. The van der Waals surface area contributed by atoms with Gasteiger partial charge < -0.3 is 14.8 Å². The zero-order valence-electron chi connectivity index (χ0n) is 10.3. The van der Waals surface area contributed by atoms with Gasteiger partial charge in [0.1, 0.15) is 5.82 Å². The van der Waals surface area contributed by atoms with Crippen LogP contribution >= 0.6 is 11.6 Å². The van der Waals surface area contributed by atoms with E-state index in [2.05, 4.69) is 5.32 Å². The molecule has 1 atom stereocenters. The van der Waals surface area contributed by atoms with Gasteiger partial charge in [0.15, 0.2) is 6.29 Å². The van der Waals surface area contributed by atoms with Crippen molar-refractivity contribution in [2.24, 2.45) is 0 Å². The minimum absolute atomic E-state index is 0.0982. The highest BCUT2D eigenvalue weighted by molar-refractivity contribution is 6.30. The van der Waals surface area contributed by atoms with E-state index in [9.17, 15) is 4.39 Å². The molecule has 18 heavy (non-hydrogen) atoms. The lowest BCUT2D eigenvalue weighted by molar-refractivity contribution is -0.0523. The quantitative estimate of drug-likeness (QED) is 0.893. The van der Waals surface area contributed by atoms with Gasteiger partial charge in [0.05, 0.1) is 18.2 Å². The number of ether oxygens (including phenoxy) is 2. The van der Waals surface area contributed by atoms with E-state index < -0.39 is 0 Å². The number of nitrogens with one attached hydrogen (secondary N) is 1. The molecule has 1 N–H and O–H groups in total. The molecule has 1 aromatic rings. The molecule has 0 radical (unpaired) electrons. The van der Waals surface area contributed by atoms with E-state index in [-0.39, 0.29) is 23.2 Å². The van der Waals surface area contributed by atoms with Crippen molar-refractivity contribution in [3.63, 3.8) is 0 Å². The largest absolute Gasteiger partial charge is 0.350 e. The van der Waals surface area contributed by atoms with Crippen LogP contribution in [0, 0.1) is 5.82 Å². The summed E-state index contributed by atoms with van der Waals surface area (Å²) in [6, 6.07) is 5.16. The van der Waals surface area contributed by atoms with Crippen LogP contribution in [-0.4, -0.2) is 32.6 Å². The van der Waals surface area contributed by atoms with Gasteiger partial charge >= 0.3 is 0 Å². The fourth-order valence-electron chi connectivity index (χ4n) is 2.05. The lowest BCUT2D eigenvalue weighted by Gasteiger charge is -2.19. The van der Waals surface area contributed by atoms with Crippen molar-refractivity contribution in [3.05, 3.63) is 34.6 Å². The van der Waals surface area contributed by atoms with Crippen molar-refractivity contribution in [2.45, 2.75) is 25.2 Å². The molecule has 5 heteroatoms. The summed E-state index contributed by atoms with van der Waals surface area (Å²) in [7, 11) is 1.85. The molecule has 1 heterocycles. The van der Waals surface area contributed by atoms with Crippen molar-refractivity contribution in [3.8, 4) is 0 Å². The molecule has 1 aliphatic rings. The van der Waals surface area contributed by atoms with Gasteiger partial charge in [-0.05, 0) is 25.1 Å². The maximum absolute atomic E-state index is 13.8. The van der Waals surface area contributed by atoms with Crippen LogP contribution in [-0.2, 0) is 15.9 Å². The topological polar surface area (TPSA) is 30.5 Å². The van der Waals surface area contributed by atoms with Crippen molar-refractivity contribution in [2.75, 3.05) is 20.3 Å². The summed E-state index contributed by atoms with van der Waals surface area (Å²) in [5, 5.41) is 3.32. The van der Waals surface area contributed by atoms with Gasteiger partial charge in [-0.25, -0.2) is 4.39 Å². The number of hydrogen-bond acceptors (Lipinski definition) is 3. The first kappa shape index (κ1) is 13.7. The summed E-state index contributed by atoms with van der Waals surface area (Å²) < 4.78 is 24.6. The zero-order valence-corrected chi connectivity index (χ0v) is 11.0. The van der Waals surface area contributed by atoms with Crippen LogP contribution < -0.4 is 5.32 Å². The smallest absolute Gasteiger partial charge is 0.159 e. The molecule has 2 rings (SSSR count). The second-order valence-electron chi connectivity index (χ2n) is 4.31. The second kappa shape index (κ2) is 6.48. The van der Waals surface area contributed by atoms with Gasteiger partial charge in [0.25, 0.3) is 0 Å². The van der Waals surface area contributed by atoms with E-state index in [0.29, 0.717) is 31.6 Å². The molecule has 0 spiro atoms. The van der Waals surface area contributed by atoms with Gasteiger partial charge in [-0.15, -0.1) is 0 Å². The minimum atomic E-state index is -0.340. The second-order valence-corrected chi connectivity index (χ2v) is 4.72. The Kier molecular flexibility index (Phi) is 4.95. The van der Waals surface area contributed by atoms with Crippen molar-refractivity contribution >= 4 is 11.6 Å². The first-order chi connectivity index (χ1) is 8.70. The molecule has 1 unspecified atom stereocenters. The van der Waals surface area contributed by atoms with E-state index in [0.717, 1.165) is 0 Å². The lowest BCUT2D eigenvalue weighted by Crippen LogP contribution is -2.32. The van der Waals surface area contributed by atoms with Crippen LogP contribution in [0.2, 0.25) is 5.02 Å². The lowest BCUT2D eigenvalue weighted by atomic mass is 10.0. The molecule has 1 aromatic carbocycles. The van der Waals surface area contributed by atoms with Gasteiger partial charge in [-0.2, -0.15) is 0 Å². The molecule has 100 valence electrons. The summed E-state index contributed by atoms with van der Waals surface area (Å²) in [6.07, 6.45) is 1.07. The summed E-state index contributed by atoms with van der Waals surface area (Å²) in [5.74, 6) is -0.340. The SMILES string of the molecule is CNC(Cc1cccc(Cl)c1F)CC1OCCO1. The van der Waals surface area contributed by atoms with E-state index in [1.54, 1.807) is 18.2 Å². The minimum Gasteiger partial charge on any atom is -0.350 e. The standard InChI is InChI=1S/C13H17ClFNO2/c1-16-10(8-12-17-5-6-18-12)7-9-3-2-4-11(14)13(9)15/h2-4,10,12,16H,5-8H2,1H3. The van der Waals surface area contributed by atoms with E-state index >= 15 is 0 Å². The first-order valence-corrected chi connectivity index (χ1v) is 6.42. The predicted molar refractivity (Wildman–Crippen MR) is 68.3 cm³/mol. The third-order valence-corrected chi connectivity index (χ3v) is 3.37. The summed E-state index contributed by atoms with van der Waals surface area (Å²) in [6.45, 7) is 1.26. The van der Waals surface area contributed by atoms with Gasteiger partial charge in [0.2, 0.25) is 0 Å². The molecule has 0 bridgehead atoms. The summed E-state index contributed by atoms with van der Waals surface area (Å²) >= 11 is 5.77. The number of rotatable bonds is 5. The maximum atomic E-state index is 13.8. The van der Waals surface area contributed by atoms with E-state index in [4.69, 9.17) is 21.1 Å². The molecule has 3 nitrogen and oxygen atoms in total. The Hall–Kier alpha value is -0.680. The average Bonchev–Trinajstić information content (AvgIpc) is 2.86. The molecule has 0 amide bonds. The Morgan fingerprint density at radius 1 is 1.44 bits per heavy atom. The molecule has 0 aromatic heterocycles. The van der Waals surface area contributed by atoms with E-state index in [1.165, 1.54) is 0 Å². The van der Waals surface area contributed by atoms with Crippen LogP contribution in [0.4, 0.5) is 4.39 Å². The summed E-state index contributed by atoms with van der Waals surface area (Å²) in [5.41, 5.74) is 0.611. The molecule has 1 fully saturated rings. The number of hydrogen-bond donors (Lipinski definition) is 1. The Labute approximate surface area is 111 Å². The highest BCUT2D eigenvalue weighted by Gasteiger charge is 2.21. The van der Waals surface area contributed by atoms with Crippen LogP contribution in [0.1, 0.15) is 12.0 Å². The van der Waals surface area contributed by atoms with Crippen molar-refractivity contribution < 1.29 is 13.9 Å². The third-order valence-electron chi connectivity index (χ3n) is 3.07.